The number of carbonyl (C=O) groups is 1. The van der Waals surface area contributed by atoms with Crippen LogP contribution in [-0.4, -0.2) is 34.1 Å². The van der Waals surface area contributed by atoms with Crippen LogP contribution in [0.2, 0.25) is 0 Å². The molecule has 0 radical (unpaired) electrons. The zero-order valence-corrected chi connectivity index (χ0v) is 11.2. The van der Waals surface area contributed by atoms with E-state index in [1.807, 2.05) is 29.2 Å². The molecule has 6 heteroatoms. The molecule has 0 amide bonds. The van der Waals surface area contributed by atoms with Crippen LogP contribution >= 0.6 is 0 Å². The van der Waals surface area contributed by atoms with Gasteiger partial charge in [0.2, 0.25) is 0 Å². The Morgan fingerprint density at radius 1 is 1.33 bits per heavy atom. The fourth-order valence-corrected chi connectivity index (χ4v) is 2.89. The number of fused-ring (bicyclic) bond motifs is 3. The number of nitrogens with zero attached hydrogens (tertiary/aromatic N) is 3. The fourth-order valence-electron chi connectivity index (χ4n) is 2.89. The van der Waals surface area contributed by atoms with Gasteiger partial charge in [-0.15, -0.1) is 0 Å². The first-order valence-electron chi connectivity index (χ1n) is 6.84. The lowest BCUT2D eigenvalue weighted by molar-refractivity contribution is -0.140. The van der Waals surface area contributed by atoms with Gasteiger partial charge in [0.05, 0.1) is 5.92 Å². The van der Waals surface area contributed by atoms with Gasteiger partial charge >= 0.3 is 5.97 Å². The molecule has 0 bridgehead atoms. The molecule has 0 aliphatic carbocycles. The third-order valence-electron chi connectivity index (χ3n) is 3.98. The Balaban J connectivity index is 1.84. The first-order valence-corrected chi connectivity index (χ1v) is 6.84. The van der Waals surface area contributed by atoms with Crippen molar-refractivity contribution in [2.45, 2.75) is 6.42 Å². The fraction of sp³-hybridized carbons (Fsp3) is 0.267. The molecule has 1 N–H and O–H groups in total. The summed E-state index contributed by atoms with van der Waals surface area (Å²) < 4.78 is 5.88. The van der Waals surface area contributed by atoms with Crippen molar-refractivity contribution in [2.24, 2.45) is 5.92 Å². The van der Waals surface area contributed by atoms with Crippen LogP contribution in [0.5, 0.6) is 0 Å². The summed E-state index contributed by atoms with van der Waals surface area (Å²) in [5.41, 5.74) is 2.17. The summed E-state index contributed by atoms with van der Waals surface area (Å²) in [4.78, 5) is 21.7. The minimum atomic E-state index is -0.757. The topological polar surface area (TPSA) is 79.5 Å². The van der Waals surface area contributed by atoms with E-state index >= 15 is 0 Å². The van der Waals surface area contributed by atoms with Gasteiger partial charge in [0.15, 0.2) is 11.4 Å². The maximum absolute atomic E-state index is 11.1. The Morgan fingerprint density at radius 2 is 2.19 bits per heavy atom. The summed E-state index contributed by atoms with van der Waals surface area (Å²) in [6.45, 7) is 1.12. The van der Waals surface area contributed by atoms with Gasteiger partial charge in [-0.3, -0.25) is 4.79 Å². The Bertz CT molecular complexity index is 842. The molecule has 1 aromatic carbocycles. The van der Waals surface area contributed by atoms with Gasteiger partial charge in [-0.25, -0.2) is 9.97 Å². The van der Waals surface area contributed by atoms with E-state index in [2.05, 4.69) is 9.97 Å². The van der Waals surface area contributed by atoms with E-state index in [9.17, 15) is 4.79 Å². The molecule has 21 heavy (non-hydrogen) atoms. The largest absolute Gasteiger partial charge is 0.481 e. The van der Waals surface area contributed by atoms with E-state index in [1.165, 1.54) is 6.33 Å². The molecular weight excluding hydrogens is 270 g/mol. The molecule has 106 valence electrons. The van der Waals surface area contributed by atoms with Crippen LogP contribution in [0.1, 0.15) is 6.42 Å². The lowest BCUT2D eigenvalue weighted by atomic mass is 10.1. The minimum Gasteiger partial charge on any atom is -0.481 e. The lowest BCUT2D eigenvalue weighted by Gasteiger charge is -2.16. The molecule has 4 rings (SSSR count). The van der Waals surface area contributed by atoms with E-state index in [-0.39, 0.29) is 5.92 Å². The smallest absolute Gasteiger partial charge is 0.308 e. The third kappa shape index (κ3) is 1.83. The van der Waals surface area contributed by atoms with Crippen molar-refractivity contribution in [1.82, 2.24) is 9.97 Å². The number of aliphatic carboxylic acids is 1. The van der Waals surface area contributed by atoms with Crippen LogP contribution in [0.15, 0.2) is 35.0 Å². The Labute approximate surface area is 120 Å². The van der Waals surface area contributed by atoms with E-state index < -0.39 is 5.97 Å². The van der Waals surface area contributed by atoms with E-state index in [0.29, 0.717) is 30.9 Å². The van der Waals surface area contributed by atoms with Crippen molar-refractivity contribution < 1.29 is 14.3 Å². The van der Waals surface area contributed by atoms with Crippen molar-refractivity contribution in [3.05, 3.63) is 30.6 Å². The van der Waals surface area contributed by atoms with Crippen LogP contribution in [0, 0.1) is 5.92 Å². The van der Waals surface area contributed by atoms with Gasteiger partial charge in [-0.05, 0) is 18.6 Å². The number of rotatable bonds is 2. The molecule has 3 aromatic rings. The monoisotopic (exact) mass is 283 g/mol. The second-order valence-electron chi connectivity index (χ2n) is 5.24. The molecule has 1 aliphatic rings. The standard InChI is InChI=1S/C15H13N3O3/c19-15(20)9-5-6-18(7-9)14-13-12(16-8-17-14)10-3-1-2-4-11(10)21-13/h1-4,8-9H,5-7H2,(H,19,20). The second kappa shape index (κ2) is 4.44. The van der Waals surface area contributed by atoms with E-state index in [1.54, 1.807) is 0 Å². The number of furan rings is 1. The van der Waals surface area contributed by atoms with Crippen molar-refractivity contribution in [3.63, 3.8) is 0 Å². The number of carboxylic acid groups (broad SMARTS) is 1. The molecule has 3 heterocycles. The maximum atomic E-state index is 11.1. The highest BCUT2D eigenvalue weighted by molar-refractivity contribution is 6.05. The number of aromatic nitrogens is 2. The summed E-state index contributed by atoms with van der Waals surface area (Å²) in [7, 11) is 0. The van der Waals surface area contributed by atoms with Gasteiger partial charge in [0.1, 0.15) is 17.4 Å². The zero-order valence-electron chi connectivity index (χ0n) is 11.2. The maximum Gasteiger partial charge on any atom is 0.308 e. The van der Waals surface area contributed by atoms with E-state index in [0.717, 1.165) is 16.5 Å². The van der Waals surface area contributed by atoms with Gasteiger partial charge in [0, 0.05) is 18.5 Å². The van der Waals surface area contributed by atoms with Crippen LogP contribution in [0.3, 0.4) is 0 Å². The highest BCUT2D eigenvalue weighted by Gasteiger charge is 2.30. The molecule has 2 aromatic heterocycles. The highest BCUT2D eigenvalue weighted by atomic mass is 16.4. The normalized spacial score (nSPS) is 18.7. The van der Waals surface area contributed by atoms with Crippen LogP contribution < -0.4 is 4.90 Å². The number of anilines is 1. The molecule has 6 nitrogen and oxygen atoms in total. The molecule has 1 unspecified atom stereocenters. The zero-order chi connectivity index (χ0) is 14.4. The van der Waals surface area contributed by atoms with Crippen molar-refractivity contribution in [1.29, 1.82) is 0 Å². The Morgan fingerprint density at radius 3 is 3.00 bits per heavy atom. The molecule has 0 spiro atoms. The first kappa shape index (κ1) is 12.1. The summed E-state index contributed by atoms with van der Waals surface area (Å²) in [5, 5.41) is 10.1. The lowest BCUT2D eigenvalue weighted by Crippen LogP contribution is -2.23. The highest BCUT2D eigenvalue weighted by Crippen LogP contribution is 2.34. The molecular formula is C15H13N3O3. The molecule has 0 saturated carbocycles. The third-order valence-corrected chi connectivity index (χ3v) is 3.98. The molecule has 1 saturated heterocycles. The van der Waals surface area contributed by atoms with Crippen LogP contribution in [0.25, 0.3) is 22.1 Å². The average molecular weight is 283 g/mol. The summed E-state index contributed by atoms with van der Waals surface area (Å²) in [5.74, 6) is -0.424. The van der Waals surface area contributed by atoms with Gasteiger partial charge in [0.25, 0.3) is 0 Å². The summed E-state index contributed by atoms with van der Waals surface area (Å²) in [6.07, 6.45) is 2.13. The average Bonchev–Trinajstić information content (AvgIpc) is 3.11. The number of hydrogen-bond donors (Lipinski definition) is 1. The quantitative estimate of drug-likeness (QED) is 0.777. The predicted octanol–water partition coefficient (Wildman–Crippen LogP) is 2.29. The molecule has 1 aliphatic heterocycles. The molecule has 1 atom stereocenters. The van der Waals surface area contributed by atoms with Crippen molar-refractivity contribution in [2.75, 3.05) is 18.0 Å². The Kier molecular flexibility index (Phi) is 2.57. The number of carboxylic acids is 1. The minimum absolute atomic E-state index is 0.348. The number of benzene rings is 1. The number of hydrogen-bond acceptors (Lipinski definition) is 5. The van der Waals surface area contributed by atoms with Crippen LogP contribution in [-0.2, 0) is 4.79 Å². The SMILES string of the molecule is O=C(O)C1CCN(c2ncnc3c2oc2ccccc23)C1. The molecule has 1 fully saturated rings. The van der Waals surface area contributed by atoms with Gasteiger partial charge in [-0.2, -0.15) is 0 Å². The number of para-hydroxylation sites is 1. The summed E-state index contributed by atoms with van der Waals surface area (Å²) >= 11 is 0. The van der Waals surface area contributed by atoms with Gasteiger partial charge in [-0.1, -0.05) is 12.1 Å². The van der Waals surface area contributed by atoms with Gasteiger partial charge < -0.3 is 14.4 Å². The van der Waals surface area contributed by atoms with Crippen LogP contribution in [0.4, 0.5) is 5.82 Å². The van der Waals surface area contributed by atoms with Crippen molar-refractivity contribution in [3.8, 4) is 0 Å². The van der Waals surface area contributed by atoms with E-state index in [4.69, 9.17) is 9.52 Å². The Hall–Kier alpha value is -2.63. The van der Waals surface area contributed by atoms with Crippen molar-refractivity contribution >= 4 is 33.9 Å². The first-order chi connectivity index (χ1) is 10.2. The summed E-state index contributed by atoms with van der Waals surface area (Å²) in [6, 6.07) is 7.70. The second-order valence-corrected chi connectivity index (χ2v) is 5.24. The predicted molar refractivity (Wildman–Crippen MR) is 77.3 cm³/mol.